The summed E-state index contributed by atoms with van der Waals surface area (Å²) in [6.45, 7) is 1.58. The number of hydrogen-bond donors (Lipinski definition) is 1. The van der Waals surface area contributed by atoms with Crippen molar-refractivity contribution in [1.29, 1.82) is 0 Å². The third kappa shape index (κ3) is 4.09. The molecule has 0 radical (unpaired) electrons. The quantitative estimate of drug-likeness (QED) is 0.866. The molecule has 7 heteroatoms. The zero-order valence-electron chi connectivity index (χ0n) is 11.0. The summed E-state index contributed by atoms with van der Waals surface area (Å²) >= 11 is 15.1. The second kappa shape index (κ2) is 6.64. The van der Waals surface area contributed by atoms with E-state index in [1.807, 2.05) is 0 Å². The molecule has 0 fully saturated rings. The summed E-state index contributed by atoms with van der Waals surface area (Å²) < 4.78 is 2.06. The second-order valence-corrected chi connectivity index (χ2v) is 6.21. The van der Waals surface area contributed by atoms with Crippen molar-refractivity contribution in [3.8, 4) is 0 Å². The lowest BCUT2D eigenvalue weighted by molar-refractivity contribution is -0.116. The maximum absolute atomic E-state index is 12.0. The van der Waals surface area contributed by atoms with Gasteiger partial charge in [0.05, 0.1) is 10.7 Å². The van der Waals surface area contributed by atoms with Crippen molar-refractivity contribution >= 4 is 50.7 Å². The Morgan fingerprint density at radius 3 is 2.76 bits per heavy atom. The number of amides is 1. The predicted molar refractivity (Wildman–Crippen MR) is 88.2 cm³/mol. The van der Waals surface area contributed by atoms with Gasteiger partial charge in [-0.2, -0.15) is 0 Å². The monoisotopic (exact) mass is 388 g/mol. The van der Waals surface area contributed by atoms with E-state index in [1.165, 1.54) is 4.57 Å². The van der Waals surface area contributed by atoms with Crippen LogP contribution in [-0.2, 0) is 11.3 Å². The summed E-state index contributed by atoms with van der Waals surface area (Å²) in [7, 11) is 0. The molecule has 0 aliphatic carbocycles. The van der Waals surface area contributed by atoms with E-state index in [2.05, 4.69) is 21.2 Å². The van der Waals surface area contributed by atoms with Crippen LogP contribution in [-0.4, -0.2) is 10.5 Å². The topological polar surface area (TPSA) is 51.1 Å². The first-order valence-electron chi connectivity index (χ1n) is 5.98. The van der Waals surface area contributed by atoms with Gasteiger partial charge in [-0.1, -0.05) is 23.2 Å². The zero-order chi connectivity index (χ0) is 15.6. The summed E-state index contributed by atoms with van der Waals surface area (Å²) in [5.74, 6) is -0.362. The van der Waals surface area contributed by atoms with E-state index in [0.29, 0.717) is 21.3 Å². The maximum atomic E-state index is 12.0. The molecule has 4 nitrogen and oxygen atoms in total. The predicted octanol–water partition coefficient (Wildman–Crippen LogP) is 3.86. The first-order chi connectivity index (χ1) is 9.86. The zero-order valence-corrected chi connectivity index (χ0v) is 14.1. The Hall–Kier alpha value is -1.30. The highest BCUT2D eigenvalue weighted by atomic mass is 79.9. The van der Waals surface area contributed by atoms with E-state index in [9.17, 15) is 9.59 Å². The SMILES string of the molecule is Cc1cc(Br)cn(CC(=O)Nc2cc(Cl)ccc2Cl)c1=O. The molecule has 110 valence electrons. The van der Waals surface area contributed by atoms with Gasteiger partial charge >= 0.3 is 0 Å². The van der Waals surface area contributed by atoms with Gasteiger partial charge in [0.1, 0.15) is 6.54 Å². The minimum Gasteiger partial charge on any atom is -0.323 e. The Kier molecular flexibility index (Phi) is 5.08. The van der Waals surface area contributed by atoms with Gasteiger partial charge in [0.15, 0.2) is 0 Å². The van der Waals surface area contributed by atoms with Crippen molar-refractivity contribution in [3.05, 3.63) is 60.9 Å². The van der Waals surface area contributed by atoms with E-state index in [4.69, 9.17) is 23.2 Å². The lowest BCUT2D eigenvalue weighted by atomic mass is 10.3. The molecule has 0 bridgehead atoms. The normalized spacial score (nSPS) is 10.5. The largest absolute Gasteiger partial charge is 0.323 e. The fraction of sp³-hybridized carbons (Fsp3) is 0.143. The average molecular weight is 390 g/mol. The fourth-order valence-electron chi connectivity index (χ4n) is 1.80. The first-order valence-corrected chi connectivity index (χ1v) is 7.53. The third-order valence-corrected chi connectivity index (χ3v) is 3.75. The molecule has 0 aliphatic heterocycles. The highest BCUT2D eigenvalue weighted by Gasteiger charge is 2.10. The molecule has 0 atom stereocenters. The molecule has 0 aliphatic rings. The van der Waals surface area contributed by atoms with Crippen molar-refractivity contribution < 1.29 is 4.79 Å². The molecule has 0 saturated carbocycles. The number of anilines is 1. The highest BCUT2D eigenvalue weighted by Crippen LogP contribution is 2.25. The van der Waals surface area contributed by atoms with Crippen LogP contribution in [0, 0.1) is 6.92 Å². The number of aromatic nitrogens is 1. The van der Waals surface area contributed by atoms with Gasteiger partial charge < -0.3 is 9.88 Å². The lowest BCUT2D eigenvalue weighted by Crippen LogP contribution is -2.28. The van der Waals surface area contributed by atoms with Crippen LogP contribution in [0.2, 0.25) is 10.0 Å². The van der Waals surface area contributed by atoms with Gasteiger partial charge in [-0.25, -0.2) is 0 Å². The molecular formula is C14H11BrCl2N2O2. The Morgan fingerprint density at radius 2 is 2.05 bits per heavy atom. The number of benzene rings is 1. The summed E-state index contributed by atoms with van der Waals surface area (Å²) in [4.78, 5) is 24.0. The Morgan fingerprint density at radius 1 is 1.33 bits per heavy atom. The first kappa shape index (κ1) is 16.1. The minimum atomic E-state index is -0.362. The number of carbonyl (C=O) groups is 1. The lowest BCUT2D eigenvalue weighted by Gasteiger charge is -2.10. The number of rotatable bonds is 3. The molecule has 0 spiro atoms. The van der Waals surface area contributed by atoms with E-state index >= 15 is 0 Å². The molecule has 1 aromatic carbocycles. The van der Waals surface area contributed by atoms with Gasteiger partial charge in [0, 0.05) is 21.3 Å². The van der Waals surface area contributed by atoms with Crippen molar-refractivity contribution in [2.45, 2.75) is 13.5 Å². The van der Waals surface area contributed by atoms with Crippen LogP contribution in [0.4, 0.5) is 5.69 Å². The Balaban J connectivity index is 2.19. The number of pyridine rings is 1. The van der Waals surface area contributed by atoms with Crippen molar-refractivity contribution in [2.24, 2.45) is 0 Å². The van der Waals surface area contributed by atoms with Gasteiger partial charge in [-0.05, 0) is 47.1 Å². The Labute approximate surface area is 139 Å². The molecule has 1 aromatic heterocycles. The van der Waals surface area contributed by atoms with Crippen LogP contribution >= 0.6 is 39.1 Å². The van der Waals surface area contributed by atoms with Crippen LogP contribution in [0.1, 0.15) is 5.56 Å². The maximum Gasteiger partial charge on any atom is 0.253 e. The molecule has 2 rings (SSSR count). The Bertz CT molecular complexity index is 759. The molecule has 1 heterocycles. The molecule has 21 heavy (non-hydrogen) atoms. The molecule has 1 amide bonds. The van der Waals surface area contributed by atoms with E-state index < -0.39 is 0 Å². The third-order valence-electron chi connectivity index (χ3n) is 2.75. The fourth-order valence-corrected chi connectivity index (χ4v) is 2.72. The number of nitrogens with one attached hydrogen (secondary N) is 1. The summed E-state index contributed by atoms with van der Waals surface area (Å²) in [5, 5.41) is 3.48. The van der Waals surface area contributed by atoms with Crippen LogP contribution in [0.15, 0.2) is 39.7 Å². The average Bonchev–Trinajstić information content (AvgIpc) is 2.39. The molecule has 1 N–H and O–H groups in total. The van der Waals surface area contributed by atoms with Gasteiger partial charge in [0.25, 0.3) is 5.56 Å². The molecule has 2 aromatic rings. The molecule has 0 unspecified atom stereocenters. The summed E-state index contributed by atoms with van der Waals surface area (Å²) in [6.07, 6.45) is 1.56. The van der Waals surface area contributed by atoms with Gasteiger partial charge in [-0.3, -0.25) is 9.59 Å². The molecular weight excluding hydrogens is 379 g/mol. The number of hydrogen-bond acceptors (Lipinski definition) is 2. The van der Waals surface area contributed by atoms with Crippen LogP contribution < -0.4 is 10.9 Å². The van der Waals surface area contributed by atoms with Crippen molar-refractivity contribution in [1.82, 2.24) is 4.57 Å². The summed E-state index contributed by atoms with van der Waals surface area (Å²) in [6, 6.07) is 6.47. The van der Waals surface area contributed by atoms with Crippen molar-refractivity contribution in [2.75, 3.05) is 5.32 Å². The van der Waals surface area contributed by atoms with Crippen LogP contribution in [0.5, 0.6) is 0 Å². The number of nitrogens with zero attached hydrogens (tertiary/aromatic N) is 1. The van der Waals surface area contributed by atoms with Gasteiger partial charge in [-0.15, -0.1) is 0 Å². The van der Waals surface area contributed by atoms with Crippen molar-refractivity contribution in [3.63, 3.8) is 0 Å². The van der Waals surface area contributed by atoms with Crippen LogP contribution in [0.25, 0.3) is 0 Å². The number of aryl methyl sites for hydroxylation is 1. The van der Waals surface area contributed by atoms with Crippen LogP contribution in [0.3, 0.4) is 0 Å². The molecule has 0 saturated heterocycles. The highest BCUT2D eigenvalue weighted by molar-refractivity contribution is 9.10. The van der Waals surface area contributed by atoms with Gasteiger partial charge in [0.2, 0.25) is 5.91 Å². The second-order valence-electron chi connectivity index (χ2n) is 4.45. The van der Waals surface area contributed by atoms with E-state index in [1.54, 1.807) is 37.4 Å². The van der Waals surface area contributed by atoms with E-state index in [0.717, 1.165) is 4.47 Å². The number of halogens is 3. The summed E-state index contributed by atoms with van der Waals surface area (Å²) in [5.41, 5.74) is 0.748. The standard InChI is InChI=1S/C14H11BrCl2N2O2/c1-8-4-9(15)6-19(14(8)21)7-13(20)18-12-5-10(16)2-3-11(12)17/h2-6H,7H2,1H3,(H,18,20). The number of carbonyl (C=O) groups excluding carboxylic acids is 1. The van der Waals surface area contributed by atoms with E-state index in [-0.39, 0.29) is 18.0 Å². The smallest absolute Gasteiger partial charge is 0.253 e. The minimum absolute atomic E-state index is 0.109.